The maximum atomic E-state index is 12.5. The quantitative estimate of drug-likeness (QED) is 0.804. The minimum atomic E-state index is -3.83. The molecule has 0 fully saturated rings. The van der Waals surface area contributed by atoms with Crippen LogP contribution in [0.1, 0.15) is 41.7 Å². The SMILES string of the molecule is Cc1ccc(S(=O)(=O)n2cc(C(=O)C3=CCCCC3)nn2)cc1. The van der Waals surface area contributed by atoms with Gasteiger partial charge in [-0.1, -0.05) is 29.0 Å². The van der Waals surface area contributed by atoms with E-state index in [1.807, 2.05) is 13.0 Å². The Morgan fingerprint density at radius 3 is 2.57 bits per heavy atom. The van der Waals surface area contributed by atoms with Gasteiger partial charge in [0.15, 0.2) is 5.69 Å². The van der Waals surface area contributed by atoms with Gasteiger partial charge in [-0.15, -0.1) is 9.19 Å². The van der Waals surface area contributed by atoms with Gasteiger partial charge < -0.3 is 0 Å². The van der Waals surface area contributed by atoms with Crippen LogP contribution in [-0.4, -0.2) is 28.6 Å². The number of carbonyl (C=O) groups excluding carboxylic acids is 1. The maximum Gasteiger partial charge on any atom is 0.284 e. The van der Waals surface area contributed by atoms with Gasteiger partial charge in [-0.05, 0) is 50.3 Å². The lowest BCUT2D eigenvalue weighted by Gasteiger charge is -2.09. The number of rotatable bonds is 4. The first-order valence-electron chi connectivity index (χ1n) is 7.47. The molecule has 0 radical (unpaired) electrons. The van der Waals surface area contributed by atoms with Crippen LogP contribution in [0.4, 0.5) is 0 Å². The number of allylic oxidation sites excluding steroid dienone is 2. The minimum Gasteiger partial charge on any atom is -0.287 e. The van der Waals surface area contributed by atoms with Crippen LogP contribution < -0.4 is 0 Å². The first-order valence-corrected chi connectivity index (χ1v) is 8.91. The number of benzene rings is 1. The zero-order valence-electron chi connectivity index (χ0n) is 12.8. The topological polar surface area (TPSA) is 81.9 Å². The van der Waals surface area contributed by atoms with Crippen molar-refractivity contribution in [2.45, 2.75) is 37.5 Å². The van der Waals surface area contributed by atoms with Gasteiger partial charge in [0.25, 0.3) is 10.0 Å². The maximum absolute atomic E-state index is 12.5. The van der Waals surface area contributed by atoms with E-state index in [0.29, 0.717) is 12.0 Å². The van der Waals surface area contributed by atoms with Gasteiger partial charge in [0.05, 0.1) is 11.1 Å². The average molecular weight is 331 g/mol. The third-order valence-electron chi connectivity index (χ3n) is 3.85. The highest BCUT2D eigenvalue weighted by Crippen LogP contribution is 2.21. The second-order valence-corrected chi connectivity index (χ2v) is 7.39. The summed E-state index contributed by atoms with van der Waals surface area (Å²) in [6.45, 7) is 1.88. The molecule has 3 rings (SSSR count). The standard InChI is InChI=1S/C16H17N3O3S/c1-12-7-9-14(10-8-12)23(21,22)19-11-15(17-18-19)16(20)13-5-3-2-4-6-13/h5,7-11H,2-4,6H2,1H3. The molecule has 1 aromatic heterocycles. The van der Waals surface area contributed by atoms with Crippen molar-refractivity contribution in [2.75, 3.05) is 0 Å². The fourth-order valence-corrected chi connectivity index (χ4v) is 3.56. The average Bonchev–Trinajstić information content (AvgIpc) is 3.06. The van der Waals surface area contributed by atoms with E-state index in [-0.39, 0.29) is 16.4 Å². The van der Waals surface area contributed by atoms with Crippen LogP contribution in [0, 0.1) is 6.92 Å². The van der Waals surface area contributed by atoms with E-state index >= 15 is 0 Å². The number of aromatic nitrogens is 3. The van der Waals surface area contributed by atoms with E-state index in [2.05, 4.69) is 10.3 Å². The summed E-state index contributed by atoms with van der Waals surface area (Å²) in [5.41, 5.74) is 1.72. The zero-order valence-corrected chi connectivity index (χ0v) is 13.6. The van der Waals surface area contributed by atoms with Crippen molar-refractivity contribution in [1.29, 1.82) is 0 Å². The highest BCUT2D eigenvalue weighted by molar-refractivity contribution is 7.89. The molecule has 0 saturated heterocycles. The fraction of sp³-hybridized carbons (Fsp3) is 0.312. The Bertz CT molecular complexity index is 864. The second kappa shape index (κ2) is 6.08. The lowest BCUT2D eigenvalue weighted by Crippen LogP contribution is -2.13. The molecule has 120 valence electrons. The number of carbonyl (C=O) groups is 1. The van der Waals surface area contributed by atoms with Crippen LogP contribution in [0.25, 0.3) is 0 Å². The van der Waals surface area contributed by atoms with Crippen LogP contribution in [0.5, 0.6) is 0 Å². The van der Waals surface area contributed by atoms with E-state index in [0.717, 1.165) is 28.9 Å². The van der Waals surface area contributed by atoms with Gasteiger partial charge in [-0.25, -0.2) is 0 Å². The van der Waals surface area contributed by atoms with Crippen molar-refractivity contribution >= 4 is 15.8 Å². The molecule has 0 N–H and O–H groups in total. The molecule has 6 nitrogen and oxygen atoms in total. The second-order valence-electron chi connectivity index (χ2n) is 5.60. The number of Topliss-reactive ketones (excluding diaryl/α,β-unsaturated/α-hetero) is 1. The molecule has 23 heavy (non-hydrogen) atoms. The van der Waals surface area contributed by atoms with E-state index in [1.54, 1.807) is 12.1 Å². The summed E-state index contributed by atoms with van der Waals surface area (Å²) >= 11 is 0. The van der Waals surface area contributed by atoms with Gasteiger partial charge in [-0.3, -0.25) is 4.79 Å². The van der Waals surface area contributed by atoms with Gasteiger partial charge in [-0.2, -0.15) is 8.42 Å². The van der Waals surface area contributed by atoms with Gasteiger partial charge in [0, 0.05) is 0 Å². The molecule has 7 heteroatoms. The molecule has 0 saturated carbocycles. The number of nitrogens with zero attached hydrogens (tertiary/aromatic N) is 3. The summed E-state index contributed by atoms with van der Waals surface area (Å²) in [5, 5.41) is 7.38. The Morgan fingerprint density at radius 1 is 1.17 bits per heavy atom. The molecule has 2 aromatic rings. The first kappa shape index (κ1) is 15.6. The molecule has 1 heterocycles. The van der Waals surface area contributed by atoms with Crippen molar-refractivity contribution in [3.05, 3.63) is 53.4 Å². The Balaban J connectivity index is 1.90. The van der Waals surface area contributed by atoms with Crippen molar-refractivity contribution in [3.8, 4) is 0 Å². The predicted octanol–water partition coefficient (Wildman–Crippen LogP) is 2.51. The molecule has 1 aliphatic carbocycles. The van der Waals surface area contributed by atoms with Gasteiger partial charge in [0.1, 0.15) is 0 Å². The van der Waals surface area contributed by atoms with Gasteiger partial charge in [0.2, 0.25) is 5.78 Å². The van der Waals surface area contributed by atoms with Crippen molar-refractivity contribution in [1.82, 2.24) is 14.4 Å². The number of ketones is 1. The fourth-order valence-electron chi connectivity index (χ4n) is 2.50. The lowest BCUT2D eigenvalue weighted by molar-refractivity contribution is 0.102. The largest absolute Gasteiger partial charge is 0.287 e. The summed E-state index contributed by atoms with van der Waals surface area (Å²) in [4.78, 5) is 12.5. The highest BCUT2D eigenvalue weighted by atomic mass is 32.2. The van der Waals surface area contributed by atoms with E-state index < -0.39 is 10.0 Å². The summed E-state index contributed by atoms with van der Waals surface area (Å²) in [6.07, 6.45) is 6.71. The van der Waals surface area contributed by atoms with Gasteiger partial charge >= 0.3 is 0 Å². The molecule has 1 aromatic carbocycles. The number of hydrogen-bond donors (Lipinski definition) is 0. The normalized spacial score (nSPS) is 15.3. The van der Waals surface area contributed by atoms with E-state index in [4.69, 9.17) is 0 Å². The lowest BCUT2D eigenvalue weighted by atomic mass is 9.95. The molecule has 0 bridgehead atoms. The van der Waals surface area contributed by atoms with Crippen LogP contribution in [-0.2, 0) is 10.0 Å². The Morgan fingerprint density at radius 2 is 1.91 bits per heavy atom. The van der Waals surface area contributed by atoms with Crippen molar-refractivity contribution in [3.63, 3.8) is 0 Å². The molecule has 0 atom stereocenters. The minimum absolute atomic E-state index is 0.0637. The highest BCUT2D eigenvalue weighted by Gasteiger charge is 2.23. The smallest absolute Gasteiger partial charge is 0.284 e. The third-order valence-corrected chi connectivity index (χ3v) is 5.39. The summed E-state index contributed by atoms with van der Waals surface area (Å²) in [7, 11) is -3.83. The third kappa shape index (κ3) is 3.10. The van der Waals surface area contributed by atoms with Crippen LogP contribution in [0.2, 0.25) is 0 Å². The van der Waals surface area contributed by atoms with Crippen LogP contribution in [0.15, 0.2) is 47.0 Å². The molecule has 0 aliphatic heterocycles. The number of aryl methyl sites for hydroxylation is 1. The van der Waals surface area contributed by atoms with Crippen LogP contribution >= 0.6 is 0 Å². The molecule has 0 unspecified atom stereocenters. The molecule has 0 amide bonds. The number of hydrogen-bond acceptors (Lipinski definition) is 5. The first-order chi connectivity index (χ1) is 11.0. The van der Waals surface area contributed by atoms with E-state index in [9.17, 15) is 13.2 Å². The van der Waals surface area contributed by atoms with Crippen LogP contribution in [0.3, 0.4) is 0 Å². The van der Waals surface area contributed by atoms with Crippen molar-refractivity contribution in [2.24, 2.45) is 0 Å². The van der Waals surface area contributed by atoms with Crippen molar-refractivity contribution < 1.29 is 13.2 Å². The summed E-state index contributed by atoms with van der Waals surface area (Å²) in [5.74, 6) is -0.241. The Hall–Kier alpha value is -2.28. The zero-order chi connectivity index (χ0) is 16.4. The molecule has 0 spiro atoms. The molecular formula is C16H17N3O3S. The Kier molecular flexibility index (Phi) is 4.12. The van der Waals surface area contributed by atoms with E-state index in [1.165, 1.54) is 18.3 Å². The summed E-state index contributed by atoms with van der Waals surface area (Å²) < 4.78 is 25.7. The molecule has 1 aliphatic rings. The summed E-state index contributed by atoms with van der Waals surface area (Å²) in [6, 6.07) is 6.44. The Labute approximate surface area is 134 Å². The molecular weight excluding hydrogens is 314 g/mol. The predicted molar refractivity (Wildman–Crippen MR) is 84.7 cm³/mol. The monoisotopic (exact) mass is 331 g/mol.